The quantitative estimate of drug-likeness (QED) is 0.198. The molecule has 0 amide bonds. The van der Waals surface area contributed by atoms with Crippen LogP contribution in [-0.4, -0.2) is 28.5 Å². The number of hydrogen-bond acceptors (Lipinski definition) is 1. The van der Waals surface area contributed by atoms with E-state index in [0.717, 1.165) is 9.50 Å². The standard InChI is InChI=1S/C23H50Ge2O/c1-9-13-15-18-24(19-16-14-10-2)20-17-23(11-3,12-4)26-25(24,21(5)6)22(7)8/h21-22H,9-20H2,1-8H3. The molecular weight excluding hydrogens is 437 g/mol. The van der Waals surface area contributed by atoms with Crippen molar-refractivity contribution in [3.8, 4) is 0 Å². The zero-order chi connectivity index (χ0) is 19.8. The predicted molar refractivity (Wildman–Crippen MR) is 124 cm³/mol. The molecule has 1 nitrogen and oxygen atoms in total. The summed E-state index contributed by atoms with van der Waals surface area (Å²) in [5.41, 5.74) is 0.235. The van der Waals surface area contributed by atoms with Crippen LogP contribution in [0.25, 0.3) is 0 Å². The van der Waals surface area contributed by atoms with E-state index in [4.69, 9.17) is 3.76 Å². The Morgan fingerprint density at radius 2 is 1.23 bits per heavy atom. The van der Waals surface area contributed by atoms with E-state index in [1.54, 1.807) is 15.8 Å². The molecule has 1 aliphatic heterocycles. The first-order chi connectivity index (χ1) is 12.3. The molecule has 0 atom stereocenters. The van der Waals surface area contributed by atoms with E-state index in [-0.39, 0.29) is 5.60 Å². The Balaban J connectivity index is 3.35. The first-order valence-electron chi connectivity index (χ1n) is 12.0. The second-order valence-corrected chi connectivity index (χ2v) is 47.0. The number of rotatable bonds is 12. The van der Waals surface area contributed by atoms with Gasteiger partial charge in [-0.3, -0.25) is 0 Å². The molecule has 0 N–H and O–H groups in total. The van der Waals surface area contributed by atoms with Crippen molar-refractivity contribution in [3.05, 3.63) is 0 Å². The van der Waals surface area contributed by atoms with Gasteiger partial charge in [0.25, 0.3) is 0 Å². The molecular formula is C23H50Ge2O. The zero-order valence-corrected chi connectivity index (χ0v) is 23.7. The molecule has 0 radical (unpaired) electrons. The van der Waals surface area contributed by atoms with Gasteiger partial charge < -0.3 is 0 Å². The fourth-order valence-electron chi connectivity index (χ4n) is 6.25. The topological polar surface area (TPSA) is 9.23 Å². The first-order valence-corrected chi connectivity index (χ1v) is 26.2. The van der Waals surface area contributed by atoms with Crippen molar-refractivity contribution < 1.29 is 3.76 Å². The molecule has 1 rings (SSSR count). The summed E-state index contributed by atoms with van der Waals surface area (Å²) in [7, 11) is 0. The summed E-state index contributed by atoms with van der Waals surface area (Å²) in [4.78, 5) is 0. The summed E-state index contributed by atoms with van der Waals surface area (Å²) in [5, 5.41) is 4.92. The van der Waals surface area contributed by atoms with E-state index in [2.05, 4.69) is 55.4 Å². The van der Waals surface area contributed by atoms with Crippen molar-refractivity contribution in [3.63, 3.8) is 0 Å². The van der Waals surface area contributed by atoms with Crippen LogP contribution < -0.4 is 0 Å². The maximum absolute atomic E-state index is 7.63. The molecule has 0 aromatic rings. The van der Waals surface area contributed by atoms with Gasteiger partial charge in [-0.25, -0.2) is 0 Å². The van der Waals surface area contributed by atoms with Crippen LogP contribution in [0.2, 0.25) is 25.3 Å². The van der Waals surface area contributed by atoms with Crippen LogP contribution in [0.15, 0.2) is 0 Å². The van der Waals surface area contributed by atoms with Crippen molar-refractivity contribution in [2.24, 2.45) is 0 Å². The summed E-state index contributed by atoms with van der Waals surface area (Å²) in [6, 6.07) is 0. The molecule has 3 heteroatoms. The predicted octanol–water partition coefficient (Wildman–Crippen LogP) is 8.64. The van der Waals surface area contributed by atoms with Gasteiger partial charge in [0.05, 0.1) is 0 Å². The second kappa shape index (κ2) is 11.3. The summed E-state index contributed by atoms with van der Waals surface area (Å²) >= 11 is -4.35. The summed E-state index contributed by atoms with van der Waals surface area (Å²) in [5.74, 6) is 0. The molecule has 26 heavy (non-hydrogen) atoms. The second-order valence-electron chi connectivity index (χ2n) is 9.79. The molecule has 1 fully saturated rings. The van der Waals surface area contributed by atoms with Gasteiger partial charge in [-0.1, -0.05) is 0 Å². The number of hydrogen-bond donors (Lipinski definition) is 0. The summed E-state index contributed by atoms with van der Waals surface area (Å²) in [6.45, 7) is 19.8. The minimum atomic E-state index is -2.38. The van der Waals surface area contributed by atoms with Gasteiger partial charge in [-0.05, 0) is 0 Å². The van der Waals surface area contributed by atoms with Crippen LogP contribution >= 0.6 is 0 Å². The van der Waals surface area contributed by atoms with Crippen molar-refractivity contribution >= 4 is 22.9 Å². The molecule has 1 saturated heterocycles. The van der Waals surface area contributed by atoms with Crippen molar-refractivity contribution in [2.45, 2.75) is 144 Å². The average molecular weight is 488 g/mol. The van der Waals surface area contributed by atoms with Crippen LogP contribution in [-0.2, 0) is 3.76 Å². The van der Waals surface area contributed by atoms with Crippen LogP contribution in [0.5, 0.6) is 0 Å². The van der Waals surface area contributed by atoms with E-state index in [1.807, 2.05) is 0 Å². The van der Waals surface area contributed by atoms with Crippen LogP contribution in [0.3, 0.4) is 0 Å². The van der Waals surface area contributed by atoms with Gasteiger partial charge in [-0.2, -0.15) is 0 Å². The van der Waals surface area contributed by atoms with E-state index >= 15 is 0 Å². The molecule has 0 saturated carbocycles. The molecule has 156 valence electrons. The summed E-state index contributed by atoms with van der Waals surface area (Å²) < 4.78 is 9.32. The van der Waals surface area contributed by atoms with Crippen LogP contribution in [0.1, 0.15) is 113 Å². The normalized spacial score (nSPS) is 21.5. The molecule has 1 heterocycles. The Morgan fingerprint density at radius 1 is 0.769 bits per heavy atom. The van der Waals surface area contributed by atoms with E-state index in [9.17, 15) is 0 Å². The summed E-state index contributed by atoms with van der Waals surface area (Å²) in [6.07, 6.45) is 12.5. The zero-order valence-electron chi connectivity index (χ0n) is 19.5. The van der Waals surface area contributed by atoms with E-state index in [0.29, 0.717) is 0 Å². The number of unbranched alkanes of at least 4 members (excludes halogenated alkanes) is 4. The molecule has 0 spiro atoms. The molecule has 0 aromatic heterocycles. The van der Waals surface area contributed by atoms with Gasteiger partial charge in [-0.15, -0.1) is 0 Å². The molecule has 0 aliphatic carbocycles. The van der Waals surface area contributed by atoms with Gasteiger partial charge in [0.15, 0.2) is 0 Å². The molecule has 0 unspecified atom stereocenters. The fourth-order valence-corrected chi connectivity index (χ4v) is 77.3. The Bertz CT molecular complexity index is 370. The fraction of sp³-hybridized carbons (Fsp3) is 1.00. The molecule has 0 aromatic carbocycles. The maximum atomic E-state index is 7.63. The van der Waals surface area contributed by atoms with Gasteiger partial charge in [0, 0.05) is 0 Å². The SMILES string of the molecule is CCCC[CH2][Ge]1([CH2]CCCC)[CH2]CC(CC)(CC)[O][Ge]1([CH](C)C)[CH](C)C. The van der Waals surface area contributed by atoms with E-state index < -0.39 is 22.9 Å². The van der Waals surface area contributed by atoms with Crippen molar-refractivity contribution in [1.29, 1.82) is 0 Å². The third-order valence-corrected chi connectivity index (χ3v) is 68.1. The Kier molecular flexibility index (Phi) is 10.9. The first kappa shape index (κ1) is 25.1. The van der Waals surface area contributed by atoms with Gasteiger partial charge in [0.2, 0.25) is 0 Å². The van der Waals surface area contributed by atoms with Gasteiger partial charge in [0.1, 0.15) is 0 Å². The Hall–Kier alpha value is 1.05. The van der Waals surface area contributed by atoms with E-state index in [1.165, 1.54) is 57.8 Å². The van der Waals surface area contributed by atoms with Crippen molar-refractivity contribution in [1.82, 2.24) is 0 Å². The molecule has 0 bridgehead atoms. The minimum absolute atomic E-state index is 0.235. The van der Waals surface area contributed by atoms with Crippen molar-refractivity contribution in [2.75, 3.05) is 0 Å². The van der Waals surface area contributed by atoms with Crippen LogP contribution in [0.4, 0.5) is 0 Å². The van der Waals surface area contributed by atoms with Crippen LogP contribution in [0, 0.1) is 0 Å². The average Bonchev–Trinajstić information content (AvgIpc) is 2.62. The Morgan fingerprint density at radius 3 is 1.58 bits per heavy atom. The monoisotopic (exact) mass is 490 g/mol. The van der Waals surface area contributed by atoms with Gasteiger partial charge >= 0.3 is 171 Å². The third-order valence-electron chi connectivity index (χ3n) is 7.80. The molecule has 1 aliphatic rings. The Labute approximate surface area is 170 Å². The third kappa shape index (κ3) is 5.15.